The van der Waals surface area contributed by atoms with Crippen molar-refractivity contribution in [2.75, 3.05) is 0 Å². The smallest absolute Gasteiger partial charge is 0.257 e. The molecule has 0 unspecified atom stereocenters. The zero-order chi connectivity index (χ0) is 17.1. The highest BCUT2D eigenvalue weighted by atomic mass is 19.3. The number of aliphatic imine (C=N–C) groups is 1. The van der Waals surface area contributed by atoms with Gasteiger partial charge >= 0.3 is 0 Å². The Morgan fingerprint density at radius 1 is 1.18 bits per heavy atom. The van der Waals surface area contributed by atoms with Crippen LogP contribution in [0, 0.1) is 6.92 Å². The highest BCUT2D eigenvalue weighted by molar-refractivity contribution is 6.10. The molecule has 0 aliphatic rings. The molecule has 0 N–H and O–H groups in total. The van der Waals surface area contributed by atoms with Gasteiger partial charge in [0.1, 0.15) is 0 Å². The molecule has 0 amide bonds. The van der Waals surface area contributed by atoms with Gasteiger partial charge in [0.05, 0.1) is 5.71 Å². The second-order valence-electron chi connectivity index (χ2n) is 5.33. The maximum atomic E-state index is 13.5. The molecule has 1 aromatic rings. The Kier molecular flexibility index (Phi) is 5.33. The van der Waals surface area contributed by atoms with E-state index in [0.29, 0.717) is 11.1 Å². The van der Waals surface area contributed by atoms with Gasteiger partial charge in [-0.2, -0.15) is 0 Å². The van der Waals surface area contributed by atoms with Crippen LogP contribution in [0.4, 0.5) is 17.6 Å². The number of hydrogen-bond donors (Lipinski definition) is 0. The predicted octanol–water partition coefficient (Wildman–Crippen LogP) is 5.64. The van der Waals surface area contributed by atoms with Crippen LogP contribution in [0.15, 0.2) is 47.6 Å². The van der Waals surface area contributed by atoms with E-state index in [-0.39, 0.29) is 16.8 Å². The Hall–Kier alpha value is -1.91. The molecule has 0 aliphatic carbocycles. The fourth-order valence-electron chi connectivity index (χ4n) is 1.79. The molecule has 0 spiro atoms. The first-order valence-electron chi connectivity index (χ1n) is 6.71. The lowest BCUT2D eigenvalue weighted by molar-refractivity contribution is 0.0174. The quantitative estimate of drug-likeness (QED) is 0.492. The molecule has 1 rings (SSSR count). The summed E-state index contributed by atoms with van der Waals surface area (Å²) in [6.45, 7) is 7.98. The molecule has 1 aromatic carbocycles. The number of benzene rings is 1. The molecule has 1 nitrogen and oxygen atoms in total. The molecule has 22 heavy (non-hydrogen) atoms. The molecule has 0 saturated heterocycles. The molecule has 0 saturated carbocycles. The number of hydrogen-bond acceptors (Lipinski definition) is 1. The lowest BCUT2D eigenvalue weighted by atomic mass is 9.96. The maximum absolute atomic E-state index is 13.5. The van der Waals surface area contributed by atoms with E-state index in [4.69, 9.17) is 0 Å². The SMILES string of the molecule is C=C/N=C(\C=C(/C)C(C)(F)F)c1cc(C(C)(F)F)ccc1C. The summed E-state index contributed by atoms with van der Waals surface area (Å²) in [4.78, 5) is 3.96. The molecule has 120 valence electrons. The molecule has 0 fully saturated rings. The minimum absolute atomic E-state index is 0.178. The van der Waals surface area contributed by atoms with Crippen molar-refractivity contribution in [3.8, 4) is 0 Å². The summed E-state index contributed by atoms with van der Waals surface area (Å²) >= 11 is 0. The van der Waals surface area contributed by atoms with Crippen molar-refractivity contribution in [1.82, 2.24) is 0 Å². The van der Waals surface area contributed by atoms with E-state index in [1.165, 1.54) is 37.4 Å². The van der Waals surface area contributed by atoms with Crippen LogP contribution in [0.25, 0.3) is 0 Å². The summed E-state index contributed by atoms with van der Waals surface area (Å²) in [5.74, 6) is -6.03. The fraction of sp³-hybridized carbons (Fsp3) is 0.353. The highest BCUT2D eigenvalue weighted by Gasteiger charge is 2.27. The maximum Gasteiger partial charge on any atom is 0.270 e. The van der Waals surface area contributed by atoms with Crippen molar-refractivity contribution in [2.24, 2.45) is 4.99 Å². The third-order valence-corrected chi connectivity index (χ3v) is 3.30. The summed E-state index contributed by atoms with van der Waals surface area (Å²) in [5.41, 5.74) is 0.817. The van der Waals surface area contributed by atoms with Gasteiger partial charge < -0.3 is 0 Å². The Labute approximate surface area is 128 Å². The highest BCUT2D eigenvalue weighted by Crippen LogP contribution is 2.29. The standard InChI is InChI=1S/C17H19F4N/c1-6-22-15(9-12(3)16(4,18)19)14-10-13(17(5,20)21)8-7-11(14)2/h6-10H,1H2,2-5H3/b12-9+,22-15+. The van der Waals surface area contributed by atoms with E-state index in [1.54, 1.807) is 6.92 Å². The average molecular weight is 313 g/mol. The Balaban J connectivity index is 3.47. The minimum Gasteiger partial charge on any atom is -0.257 e. The fourth-order valence-corrected chi connectivity index (χ4v) is 1.79. The van der Waals surface area contributed by atoms with Crippen LogP contribution >= 0.6 is 0 Å². The lowest BCUT2D eigenvalue weighted by Gasteiger charge is -2.15. The zero-order valence-corrected chi connectivity index (χ0v) is 13.1. The van der Waals surface area contributed by atoms with Crippen LogP contribution in [-0.2, 0) is 5.92 Å². The number of rotatable bonds is 5. The number of nitrogens with zero attached hydrogens (tertiary/aromatic N) is 1. The largest absolute Gasteiger partial charge is 0.270 e. The molecular formula is C17H19F4N. The van der Waals surface area contributed by atoms with Gasteiger partial charge in [-0.05, 0) is 37.1 Å². The summed E-state index contributed by atoms with van der Waals surface area (Å²) < 4.78 is 53.6. The first-order chi connectivity index (χ1) is 9.96. The van der Waals surface area contributed by atoms with Gasteiger partial charge in [0.25, 0.3) is 11.8 Å². The summed E-state index contributed by atoms with van der Waals surface area (Å²) in [6, 6.07) is 4.11. The van der Waals surface area contributed by atoms with Crippen LogP contribution in [-0.4, -0.2) is 11.6 Å². The Bertz CT molecular complexity index is 617. The van der Waals surface area contributed by atoms with Crippen molar-refractivity contribution < 1.29 is 17.6 Å². The van der Waals surface area contributed by atoms with Crippen LogP contribution in [0.3, 0.4) is 0 Å². The van der Waals surface area contributed by atoms with Crippen LogP contribution < -0.4 is 0 Å². The molecule has 0 bridgehead atoms. The monoisotopic (exact) mass is 313 g/mol. The van der Waals surface area contributed by atoms with Crippen molar-refractivity contribution in [1.29, 1.82) is 0 Å². The number of allylic oxidation sites excluding steroid dienone is 2. The summed E-state index contributed by atoms with van der Waals surface area (Å²) in [5, 5.41) is 0. The van der Waals surface area contributed by atoms with E-state index in [2.05, 4.69) is 11.6 Å². The van der Waals surface area contributed by atoms with Gasteiger partial charge in [-0.25, -0.2) is 17.6 Å². The Morgan fingerprint density at radius 3 is 2.23 bits per heavy atom. The Morgan fingerprint density at radius 2 is 1.77 bits per heavy atom. The molecule has 0 radical (unpaired) electrons. The van der Waals surface area contributed by atoms with E-state index >= 15 is 0 Å². The van der Waals surface area contributed by atoms with E-state index in [9.17, 15) is 17.6 Å². The lowest BCUT2D eigenvalue weighted by Crippen LogP contribution is -2.14. The van der Waals surface area contributed by atoms with E-state index in [0.717, 1.165) is 13.8 Å². The van der Waals surface area contributed by atoms with Crippen molar-refractivity contribution in [3.63, 3.8) is 0 Å². The summed E-state index contributed by atoms with van der Waals surface area (Å²) in [6.07, 6.45) is 2.39. The molecule has 5 heteroatoms. The third kappa shape index (κ3) is 4.55. The minimum atomic E-state index is -3.02. The first-order valence-corrected chi connectivity index (χ1v) is 6.71. The molecule has 0 heterocycles. The number of aryl methyl sites for hydroxylation is 1. The second kappa shape index (κ2) is 6.46. The first kappa shape index (κ1) is 18.1. The van der Waals surface area contributed by atoms with Crippen LogP contribution in [0.2, 0.25) is 0 Å². The number of alkyl halides is 4. The van der Waals surface area contributed by atoms with Gasteiger partial charge in [0.15, 0.2) is 0 Å². The molecule has 0 aromatic heterocycles. The van der Waals surface area contributed by atoms with Gasteiger partial charge in [0, 0.05) is 31.2 Å². The number of halogens is 4. The zero-order valence-electron chi connectivity index (χ0n) is 13.1. The topological polar surface area (TPSA) is 12.4 Å². The van der Waals surface area contributed by atoms with Crippen LogP contribution in [0.5, 0.6) is 0 Å². The normalized spacial score (nSPS) is 14.2. The summed E-state index contributed by atoms with van der Waals surface area (Å²) in [7, 11) is 0. The van der Waals surface area contributed by atoms with Crippen LogP contribution in [0.1, 0.15) is 37.5 Å². The van der Waals surface area contributed by atoms with Gasteiger partial charge in [-0.3, -0.25) is 4.99 Å². The van der Waals surface area contributed by atoms with Gasteiger partial charge in [-0.15, -0.1) is 0 Å². The van der Waals surface area contributed by atoms with Gasteiger partial charge in [0.2, 0.25) is 0 Å². The van der Waals surface area contributed by atoms with E-state index in [1.807, 2.05) is 0 Å². The second-order valence-corrected chi connectivity index (χ2v) is 5.33. The van der Waals surface area contributed by atoms with Crippen molar-refractivity contribution >= 4 is 5.71 Å². The molecule has 0 aliphatic heterocycles. The molecule has 0 atom stereocenters. The predicted molar refractivity (Wildman–Crippen MR) is 81.9 cm³/mol. The van der Waals surface area contributed by atoms with E-state index < -0.39 is 11.8 Å². The molecular weight excluding hydrogens is 294 g/mol. The third-order valence-electron chi connectivity index (χ3n) is 3.30. The average Bonchev–Trinajstić information content (AvgIpc) is 2.36. The van der Waals surface area contributed by atoms with Gasteiger partial charge in [-0.1, -0.05) is 18.7 Å². The van der Waals surface area contributed by atoms with Crippen molar-refractivity contribution in [2.45, 2.75) is 39.5 Å². The van der Waals surface area contributed by atoms with Crippen molar-refractivity contribution in [3.05, 3.63) is 59.3 Å².